The van der Waals surface area contributed by atoms with Crippen molar-refractivity contribution in [2.75, 3.05) is 6.61 Å². The maximum Gasteiger partial charge on any atom is 0.466 e. The first-order valence-corrected chi connectivity index (χ1v) is 8.10. The smallest absolute Gasteiger partial charge is 0.466 e. The quantitative estimate of drug-likeness (QED) is 0.249. The molecule has 0 radical (unpaired) electrons. The molecule has 0 aliphatic heterocycles. The van der Waals surface area contributed by atoms with E-state index in [2.05, 4.69) is 6.92 Å². The van der Waals surface area contributed by atoms with Crippen molar-refractivity contribution >= 4 is 13.8 Å². The minimum atomic E-state index is -4.64. The summed E-state index contributed by atoms with van der Waals surface area (Å²) in [6.07, 6.45) is 9.57. The zero-order valence-electron chi connectivity index (χ0n) is 11.7. The lowest BCUT2D eigenvalue weighted by Crippen LogP contribution is -2.04. The molecule has 0 aromatic carbocycles. The summed E-state index contributed by atoms with van der Waals surface area (Å²) in [5.74, 6) is -1.01. The molecule has 0 rings (SSSR count). The second-order valence-corrected chi connectivity index (χ2v) is 5.29. The van der Waals surface area contributed by atoms with Crippen LogP contribution in [0.2, 0.25) is 0 Å². The molecular formula is C12H25O7P. The summed E-state index contributed by atoms with van der Waals surface area (Å²) in [5.41, 5.74) is 0.114. The number of hydrogen-bond donors (Lipinski definition) is 5. The van der Waals surface area contributed by atoms with Gasteiger partial charge in [-0.05, 0) is 12.8 Å². The van der Waals surface area contributed by atoms with Crippen molar-refractivity contribution in [1.29, 1.82) is 0 Å². The van der Waals surface area contributed by atoms with Gasteiger partial charge in [0.1, 0.15) is 0 Å². The normalized spacial score (nSPS) is 11.8. The Morgan fingerprint density at radius 1 is 1.05 bits per heavy atom. The third kappa shape index (κ3) is 22.5. The van der Waals surface area contributed by atoms with Crippen LogP contribution in [0.15, 0.2) is 11.6 Å². The molecule has 7 nitrogen and oxygen atoms in total. The fourth-order valence-corrected chi connectivity index (χ4v) is 1.42. The molecule has 0 atom stereocenters. The second-order valence-electron chi connectivity index (χ2n) is 4.26. The Kier molecular flexibility index (Phi) is 14.3. The van der Waals surface area contributed by atoms with Gasteiger partial charge < -0.3 is 24.9 Å². The standard InChI is InChI=1S/C12H22O3.H3O4P/c1-2-3-4-5-6-7-8-9-11(10-13)12(14)15;1-5(2,3)4/h9,13H,2-8,10H2,1H3,(H,14,15);(H3,1,2,3,4). The van der Waals surface area contributed by atoms with Gasteiger partial charge in [0.25, 0.3) is 0 Å². The van der Waals surface area contributed by atoms with Crippen molar-refractivity contribution in [3.63, 3.8) is 0 Å². The molecule has 0 aromatic rings. The predicted molar refractivity (Wildman–Crippen MR) is 75.1 cm³/mol. The van der Waals surface area contributed by atoms with Crippen LogP contribution in [-0.2, 0) is 9.36 Å². The van der Waals surface area contributed by atoms with E-state index in [1.807, 2.05) is 0 Å². The topological polar surface area (TPSA) is 135 Å². The second kappa shape index (κ2) is 13.3. The maximum atomic E-state index is 10.5. The third-order valence-corrected chi connectivity index (χ3v) is 2.39. The molecule has 0 aliphatic rings. The summed E-state index contributed by atoms with van der Waals surface area (Å²) in [6, 6.07) is 0. The Morgan fingerprint density at radius 2 is 1.50 bits per heavy atom. The average molecular weight is 312 g/mol. The summed E-state index contributed by atoms with van der Waals surface area (Å²) in [5, 5.41) is 17.3. The molecule has 0 unspecified atom stereocenters. The Labute approximate surface area is 119 Å². The molecule has 8 heteroatoms. The molecule has 0 saturated carbocycles. The first-order valence-electron chi connectivity index (χ1n) is 6.53. The van der Waals surface area contributed by atoms with E-state index >= 15 is 0 Å². The predicted octanol–water partition coefficient (Wildman–Crippen LogP) is 1.81. The maximum absolute atomic E-state index is 10.5. The molecule has 0 aliphatic carbocycles. The number of carboxylic acid groups (broad SMARTS) is 1. The minimum Gasteiger partial charge on any atom is -0.478 e. The monoisotopic (exact) mass is 312 g/mol. The minimum absolute atomic E-state index is 0.114. The van der Waals surface area contributed by atoms with Gasteiger partial charge in [0.15, 0.2) is 0 Å². The van der Waals surface area contributed by atoms with Gasteiger partial charge in [-0.15, -0.1) is 0 Å². The van der Waals surface area contributed by atoms with Crippen molar-refractivity contribution in [3.8, 4) is 0 Å². The molecule has 0 amide bonds. The van der Waals surface area contributed by atoms with Crippen LogP contribution >= 0.6 is 7.82 Å². The first-order chi connectivity index (χ1) is 9.22. The molecule has 0 heterocycles. The number of carboxylic acids is 1. The fourth-order valence-electron chi connectivity index (χ4n) is 1.42. The molecule has 20 heavy (non-hydrogen) atoms. The van der Waals surface area contributed by atoms with E-state index in [1.165, 1.54) is 25.7 Å². The number of rotatable bonds is 9. The van der Waals surface area contributed by atoms with Crippen LogP contribution in [0.25, 0.3) is 0 Å². The van der Waals surface area contributed by atoms with E-state index in [1.54, 1.807) is 6.08 Å². The van der Waals surface area contributed by atoms with Gasteiger partial charge in [0, 0.05) is 0 Å². The van der Waals surface area contributed by atoms with Crippen molar-refractivity contribution in [2.45, 2.75) is 51.9 Å². The number of unbranched alkanes of at least 4 members (excludes halogenated alkanes) is 6. The van der Waals surface area contributed by atoms with Crippen LogP contribution in [0.3, 0.4) is 0 Å². The van der Waals surface area contributed by atoms with Gasteiger partial charge in [-0.2, -0.15) is 0 Å². The van der Waals surface area contributed by atoms with E-state index in [-0.39, 0.29) is 12.2 Å². The summed E-state index contributed by atoms with van der Waals surface area (Å²) in [6.45, 7) is 1.81. The molecule has 0 fully saturated rings. The lowest BCUT2D eigenvalue weighted by Gasteiger charge is -1.99. The summed E-state index contributed by atoms with van der Waals surface area (Å²) in [4.78, 5) is 32.1. The van der Waals surface area contributed by atoms with Gasteiger partial charge in [-0.1, -0.05) is 45.1 Å². The molecule has 0 bridgehead atoms. The molecule has 5 N–H and O–H groups in total. The van der Waals surface area contributed by atoms with Gasteiger partial charge >= 0.3 is 13.8 Å². The molecule has 0 saturated heterocycles. The number of hydrogen-bond acceptors (Lipinski definition) is 3. The van der Waals surface area contributed by atoms with Crippen LogP contribution in [0.1, 0.15) is 51.9 Å². The van der Waals surface area contributed by atoms with Gasteiger partial charge in [-0.25, -0.2) is 9.36 Å². The fraction of sp³-hybridized carbons (Fsp3) is 0.750. The number of aliphatic carboxylic acids is 1. The van der Waals surface area contributed by atoms with E-state index in [4.69, 9.17) is 29.5 Å². The summed E-state index contributed by atoms with van der Waals surface area (Å²) in [7, 11) is -4.64. The third-order valence-electron chi connectivity index (χ3n) is 2.39. The number of carbonyl (C=O) groups is 1. The highest BCUT2D eigenvalue weighted by Gasteiger charge is 2.03. The van der Waals surface area contributed by atoms with E-state index < -0.39 is 13.8 Å². The van der Waals surface area contributed by atoms with Gasteiger partial charge in [0.2, 0.25) is 0 Å². The van der Waals surface area contributed by atoms with Gasteiger partial charge in [0.05, 0.1) is 12.2 Å². The zero-order chi connectivity index (χ0) is 16.0. The van der Waals surface area contributed by atoms with Crippen LogP contribution in [-0.4, -0.2) is 37.5 Å². The van der Waals surface area contributed by atoms with E-state index in [0.717, 1.165) is 19.3 Å². The average Bonchev–Trinajstić information content (AvgIpc) is 2.30. The highest BCUT2D eigenvalue weighted by atomic mass is 31.2. The van der Waals surface area contributed by atoms with Crippen molar-refractivity contribution in [1.82, 2.24) is 0 Å². The lowest BCUT2D eigenvalue weighted by molar-refractivity contribution is -0.133. The first kappa shape index (κ1) is 21.6. The highest BCUT2D eigenvalue weighted by Crippen LogP contribution is 2.25. The molecule has 120 valence electrons. The summed E-state index contributed by atoms with van der Waals surface area (Å²) >= 11 is 0. The number of phosphoric acid groups is 1. The summed E-state index contributed by atoms with van der Waals surface area (Å²) < 4.78 is 8.88. The Morgan fingerprint density at radius 3 is 1.90 bits per heavy atom. The van der Waals surface area contributed by atoms with Crippen LogP contribution < -0.4 is 0 Å². The van der Waals surface area contributed by atoms with Crippen molar-refractivity contribution < 1.29 is 34.3 Å². The van der Waals surface area contributed by atoms with Crippen molar-refractivity contribution in [3.05, 3.63) is 11.6 Å². The lowest BCUT2D eigenvalue weighted by atomic mass is 10.1. The van der Waals surface area contributed by atoms with Crippen LogP contribution in [0.4, 0.5) is 0 Å². The Balaban J connectivity index is 0. The molecular weight excluding hydrogens is 287 g/mol. The number of aliphatic hydroxyl groups is 1. The largest absolute Gasteiger partial charge is 0.478 e. The van der Waals surface area contributed by atoms with E-state index in [0.29, 0.717) is 0 Å². The molecule has 0 aromatic heterocycles. The van der Waals surface area contributed by atoms with Gasteiger partial charge in [-0.3, -0.25) is 0 Å². The number of allylic oxidation sites excluding steroid dienone is 1. The Bertz CT molecular complexity index is 314. The Hall–Kier alpha value is -0.720. The van der Waals surface area contributed by atoms with Crippen LogP contribution in [0.5, 0.6) is 0 Å². The number of aliphatic hydroxyl groups excluding tert-OH is 1. The van der Waals surface area contributed by atoms with Crippen LogP contribution in [0, 0.1) is 0 Å². The highest BCUT2D eigenvalue weighted by molar-refractivity contribution is 7.45. The molecule has 0 spiro atoms. The van der Waals surface area contributed by atoms with E-state index in [9.17, 15) is 4.79 Å². The zero-order valence-corrected chi connectivity index (χ0v) is 12.6. The van der Waals surface area contributed by atoms with Crippen molar-refractivity contribution in [2.24, 2.45) is 0 Å². The SMILES string of the molecule is CCCCCCCCC=C(CO)C(=O)O.O=P(O)(O)O.